The zero-order valence-electron chi connectivity index (χ0n) is 15.4. The second-order valence-corrected chi connectivity index (χ2v) is 8.83. The predicted octanol–water partition coefficient (Wildman–Crippen LogP) is 2.96. The van der Waals surface area contributed by atoms with E-state index in [0.29, 0.717) is 17.4 Å². The Bertz CT molecular complexity index is 1030. The number of thiophene rings is 1. The van der Waals surface area contributed by atoms with E-state index in [1.807, 2.05) is 13.0 Å². The van der Waals surface area contributed by atoms with Crippen LogP contribution in [0.25, 0.3) is 15.7 Å². The molecule has 0 spiro atoms. The minimum atomic E-state index is -0.228. The van der Waals surface area contributed by atoms with E-state index in [9.17, 15) is 9.59 Å². The molecule has 1 aliphatic rings. The van der Waals surface area contributed by atoms with Gasteiger partial charge in [0.1, 0.15) is 18.4 Å². The number of amides is 1. The summed E-state index contributed by atoms with van der Waals surface area (Å²) in [4.78, 5) is 26.4. The van der Waals surface area contributed by atoms with E-state index in [4.69, 9.17) is 0 Å². The molecule has 3 aromatic heterocycles. The minimum Gasteiger partial charge on any atom is -0.351 e. The third kappa shape index (κ3) is 2.94. The molecule has 1 amide bonds. The average molecular weight is 372 g/mol. The topological polar surface area (TPSA) is 68.4 Å². The van der Waals surface area contributed by atoms with E-state index in [0.717, 1.165) is 23.1 Å². The summed E-state index contributed by atoms with van der Waals surface area (Å²) >= 11 is 1.65. The fourth-order valence-electron chi connectivity index (χ4n) is 4.01. The van der Waals surface area contributed by atoms with Crippen molar-refractivity contribution in [3.05, 3.63) is 33.7 Å². The lowest BCUT2D eigenvalue weighted by Gasteiger charge is -2.34. The largest absolute Gasteiger partial charge is 0.351 e. The Balaban J connectivity index is 1.56. The Labute approximate surface area is 155 Å². The van der Waals surface area contributed by atoms with Gasteiger partial charge in [0.25, 0.3) is 5.56 Å². The molecule has 1 aliphatic carbocycles. The van der Waals surface area contributed by atoms with Gasteiger partial charge in [-0.15, -0.1) is 11.3 Å². The summed E-state index contributed by atoms with van der Waals surface area (Å²) in [6.07, 6.45) is 4.99. The highest BCUT2D eigenvalue weighted by Gasteiger charge is 2.28. The number of carbonyl (C=O) groups excluding carboxylic acids is 1. The van der Waals surface area contributed by atoms with Gasteiger partial charge in [0.15, 0.2) is 0 Å². The summed E-state index contributed by atoms with van der Waals surface area (Å²) in [5.74, 6) is 0.933. The van der Waals surface area contributed by atoms with E-state index in [2.05, 4.69) is 30.3 Å². The molecule has 0 unspecified atom stereocenters. The molecule has 26 heavy (non-hydrogen) atoms. The number of hydrogen-bond donors (Lipinski definition) is 1. The van der Waals surface area contributed by atoms with Gasteiger partial charge in [0.05, 0.1) is 10.2 Å². The van der Waals surface area contributed by atoms with Crippen molar-refractivity contribution in [1.29, 1.82) is 0 Å². The van der Waals surface area contributed by atoms with Gasteiger partial charge in [0.2, 0.25) is 5.91 Å². The molecule has 6 nitrogen and oxygen atoms in total. The lowest BCUT2D eigenvalue weighted by Crippen LogP contribution is -2.45. The van der Waals surface area contributed by atoms with Crippen LogP contribution in [0.2, 0.25) is 0 Å². The molecule has 0 aromatic carbocycles. The summed E-state index contributed by atoms with van der Waals surface area (Å²) in [6, 6.07) is 4.12. The molecule has 138 valence electrons. The van der Waals surface area contributed by atoms with Gasteiger partial charge >= 0.3 is 0 Å². The van der Waals surface area contributed by atoms with Crippen LogP contribution in [0.1, 0.15) is 38.0 Å². The van der Waals surface area contributed by atoms with Crippen molar-refractivity contribution in [1.82, 2.24) is 19.5 Å². The smallest absolute Gasteiger partial charge is 0.291 e. The first-order valence-corrected chi connectivity index (χ1v) is 10.0. The number of rotatable bonds is 3. The Morgan fingerprint density at radius 1 is 1.31 bits per heavy atom. The number of carbonyl (C=O) groups is 1. The van der Waals surface area contributed by atoms with Crippen LogP contribution in [0.15, 0.2) is 23.3 Å². The highest BCUT2D eigenvalue weighted by molar-refractivity contribution is 7.19. The second kappa shape index (κ2) is 6.54. The highest BCUT2D eigenvalue weighted by Crippen LogP contribution is 2.29. The van der Waals surface area contributed by atoms with Gasteiger partial charge in [0, 0.05) is 10.9 Å². The third-order valence-electron chi connectivity index (χ3n) is 5.76. The number of nitrogens with zero attached hydrogens (tertiary/aromatic N) is 3. The van der Waals surface area contributed by atoms with Crippen molar-refractivity contribution in [2.75, 3.05) is 0 Å². The molecule has 1 fully saturated rings. The monoisotopic (exact) mass is 372 g/mol. The maximum absolute atomic E-state index is 12.7. The average Bonchev–Trinajstić information content (AvgIpc) is 3.11. The van der Waals surface area contributed by atoms with Crippen molar-refractivity contribution in [2.24, 2.45) is 11.8 Å². The molecule has 1 N–H and O–H groups in total. The lowest BCUT2D eigenvalue weighted by atomic mass is 9.78. The zero-order chi connectivity index (χ0) is 18.4. The minimum absolute atomic E-state index is 0.0369. The second-order valence-electron chi connectivity index (χ2n) is 7.54. The Hall–Kier alpha value is -2.15. The molecule has 3 heterocycles. The van der Waals surface area contributed by atoms with Gasteiger partial charge in [-0.3, -0.25) is 14.0 Å². The molecule has 3 atom stereocenters. The van der Waals surface area contributed by atoms with Crippen LogP contribution in [0.4, 0.5) is 0 Å². The maximum atomic E-state index is 12.7. The lowest BCUT2D eigenvalue weighted by molar-refractivity contribution is -0.123. The number of hydrogen-bond acceptors (Lipinski definition) is 4. The first-order valence-electron chi connectivity index (χ1n) is 9.20. The Morgan fingerprint density at radius 3 is 2.92 bits per heavy atom. The molecule has 3 aromatic rings. The SMILES string of the molecule is Cc1cc2c(cc3c(=O)n(CC(=O)N[C@@H]4CCC[C@@H](C)[C@H]4C)ncn32)s1. The molecule has 0 saturated heterocycles. The van der Waals surface area contributed by atoms with Crippen molar-refractivity contribution >= 4 is 33.0 Å². The van der Waals surface area contributed by atoms with Gasteiger partial charge in [-0.1, -0.05) is 26.7 Å². The van der Waals surface area contributed by atoms with E-state index in [1.165, 1.54) is 16.0 Å². The van der Waals surface area contributed by atoms with Crippen LogP contribution in [-0.4, -0.2) is 26.1 Å². The number of aryl methyl sites for hydroxylation is 1. The molecule has 7 heteroatoms. The van der Waals surface area contributed by atoms with Crippen LogP contribution in [0.3, 0.4) is 0 Å². The normalized spacial score (nSPS) is 23.6. The summed E-state index contributed by atoms with van der Waals surface area (Å²) < 4.78 is 4.13. The summed E-state index contributed by atoms with van der Waals surface area (Å²) in [5, 5.41) is 7.32. The van der Waals surface area contributed by atoms with Gasteiger partial charge in [-0.05, 0) is 37.3 Å². The highest BCUT2D eigenvalue weighted by atomic mass is 32.1. The molecular weight excluding hydrogens is 348 g/mol. The van der Waals surface area contributed by atoms with Crippen LogP contribution in [0, 0.1) is 18.8 Å². The fraction of sp³-hybridized carbons (Fsp3) is 0.526. The first-order chi connectivity index (χ1) is 12.4. The summed E-state index contributed by atoms with van der Waals surface area (Å²) in [5.41, 5.74) is 1.33. The number of nitrogens with one attached hydrogen (secondary N) is 1. The third-order valence-corrected chi connectivity index (χ3v) is 6.74. The molecule has 4 rings (SSSR count). The van der Waals surface area contributed by atoms with E-state index in [-0.39, 0.29) is 24.1 Å². The van der Waals surface area contributed by atoms with Gasteiger partial charge in [-0.2, -0.15) is 5.10 Å². The van der Waals surface area contributed by atoms with Crippen molar-refractivity contribution in [3.8, 4) is 0 Å². The maximum Gasteiger partial charge on any atom is 0.291 e. The van der Waals surface area contributed by atoms with E-state index < -0.39 is 0 Å². The standard InChI is InChI=1S/C19H24N4O2S/c1-11-5-4-6-14(13(11)3)21-18(24)9-23-19(25)16-8-17-15(7-12(2)26-17)22(16)10-20-23/h7-8,10-11,13-14H,4-6,9H2,1-3H3,(H,21,24)/t11-,13-,14-/m1/s1. The molecule has 0 aliphatic heterocycles. The Kier molecular flexibility index (Phi) is 4.34. The van der Waals surface area contributed by atoms with Crippen LogP contribution < -0.4 is 10.9 Å². The van der Waals surface area contributed by atoms with E-state index in [1.54, 1.807) is 22.1 Å². The van der Waals surface area contributed by atoms with Gasteiger partial charge < -0.3 is 5.32 Å². The van der Waals surface area contributed by atoms with Crippen molar-refractivity contribution in [2.45, 2.75) is 52.6 Å². The molecule has 1 saturated carbocycles. The van der Waals surface area contributed by atoms with E-state index >= 15 is 0 Å². The van der Waals surface area contributed by atoms with Crippen LogP contribution in [0.5, 0.6) is 0 Å². The van der Waals surface area contributed by atoms with Crippen LogP contribution in [-0.2, 0) is 11.3 Å². The summed E-state index contributed by atoms with van der Waals surface area (Å²) in [7, 11) is 0. The van der Waals surface area contributed by atoms with Crippen molar-refractivity contribution in [3.63, 3.8) is 0 Å². The zero-order valence-corrected chi connectivity index (χ0v) is 16.2. The fourth-order valence-corrected chi connectivity index (χ4v) is 4.96. The molecule has 0 radical (unpaired) electrons. The quantitative estimate of drug-likeness (QED) is 0.768. The summed E-state index contributed by atoms with van der Waals surface area (Å²) in [6.45, 7) is 6.44. The first kappa shape index (κ1) is 17.3. The Morgan fingerprint density at radius 2 is 2.12 bits per heavy atom. The molecular formula is C19H24N4O2S. The van der Waals surface area contributed by atoms with Gasteiger partial charge in [-0.25, -0.2) is 4.68 Å². The number of aromatic nitrogens is 3. The number of fused-ring (bicyclic) bond motifs is 3. The predicted molar refractivity (Wildman–Crippen MR) is 104 cm³/mol. The van der Waals surface area contributed by atoms with Crippen molar-refractivity contribution < 1.29 is 4.79 Å². The molecule has 0 bridgehead atoms. The van der Waals surface area contributed by atoms with Crippen LogP contribution >= 0.6 is 11.3 Å².